The number of hydrogen-bond donors (Lipinski definition) is 1. The molecule has 0 saturated heterocycles. The van der Waals surface area contributed by atoms with E-state index in [-0.39, 0.29) is 0 Å². The fourth-order valence-electron chi connectivity index (χ4n) is 2.42. The van der Waals surface area contributed by atoms with Gasteiger partial charge in [0, 0.05) is 18.0 Å². The Hall–Kier alpha value is -0.630. The molecular formula is C18H31NS. The van der Waals surface area contributed by atoms with Crippen LogP contribution in [0, 0.1) is 0 Å². The van der Waals surface area contributed by atoms with Crippen LogP contribution in [0.25, 0.3) is 0 Å². The Labute approximate surface area is 131 Å². The molecule has 0 radical (unpaired) electrons. The first-order valence-electron chi connectivity index (χ1n) is 8.29. The van der Waals surface area contributed by atoms with Gasteiger partial charge >= 0.3 is 0 Å². The summed E-state index contributed by atoms with van der Waals surface area (Å²) in [6.07, 6.45) is 8.71. The van der Waals surface area contributed by atoms with Crippen LogP contribution in [0.3, 0.4) is 0 Å². The number of aryl methyl sites for hydroxylation is 1. The number of rotatable bonds is 10. The van der Waals surface area contributed by atoms with Crippen molar-refractivity contribution >= 4 is 18.3 Å². The third-order valence-corrected chi connectivity index (χ3v) is 4.12. The monoisotopic (exact) mass is 293 g/mol. The van der Waals surface area contributed by atoms with Crippen LogP contribution in [0.4, 0.5) is 5.69 Å². The number of hydrogen-bond acceptors (Lipinski definition) is 2. The maximum atomic E-state index is 4.73. The van der Waals surface area contributed by atoms with Gasteiger partial charge < -0.3 is 4.90 Å². The Balaban J connectivity index is 2.78. The molecule has 1 aromatic rings. The van der Waals surface area contributed by atoms with Gasteiger partial charge in [0.2, 0.25) is 0 Å². The highest BCUT2D eigenvalue weighted by atomic mass is 32.1. The van der Waals surface area contributed by atoms with Gasteiger partial charge in [0.1, 0.15) is 0 Å². The second kappa shape index (κ2) is 10.1. The lowest BCUT2D eigenvalue weighted by Crippen LogP contribution is -2.26. The van der Waals surface area contributed by atoms with Gasteiger partial charge in [-0.1, -0.05) is 46.1 Å². The summed E-state index contributed by atoms with van der Waals surface area (Å²) in [6.45, 7) is 9.06. The molecule has 20 heavy (non-hydrogen) atoms. The van der Waals surface area contributed by atoms with E-state index in [4.69, 9.17) is 12.6 Å². The highest BCUT2D eigenvalue weighted by Gasteiger charge is 2.09. The molecule has 0 atom stereocenters. The van der Waals surface area contributed by atoms with Crippen molar-refractivity contribution in [2.24, 2.45) is 0 Å². The van der Waals surface area contributed by atoms with E-state index in [1.807, 2.05) is 0 Å². The topological polar surface area (TPSA) is 3.24 Å². The molecule has 0 amide bonds. The van der Waals surface area contributed by atoms with E-state index in [1.165, 1.54) is 56.2 Å². The summed E-state index contributed by atoms with van der Waals surface area (Å²) in [5, 5.41) is 0. The van der Waals surface area contributed by atoms with E-state index in [9.17, 15) is 0 Å². The van der Waals surface area contributed by atoms with E-state index in [0.29, 0.717) is 0 Å². The molecule has 0 N–H and O–H groups in total. The van der Waals surface area contributed by atoms with Crippen LogP contribution in [0.15, 0.2) is 23.1 Å². The van der Waals surface area contributed by atoms with Gasteiger partial charge in [-0.15, -0.1) is 12.6 Å². The van der Waals surface area contributed by atoms with Crippen molar-refractivity contribution in [2.75, 3.05) is 18.0 Å². The normalized spacial score (nSPS) is 10.8. The second-order valence-corrected chi connectivity index (χ2v) is 6.10. The van der Waals surface area contributed by atoms with Crippen molar-refractivity contribution in [1.29, 1.82) is 0 Å². The highest BCUT2D eigenvalue weighted by molar-refractivity contribution is 7.80. The summed E-state index contributed by atoms with van der Waals surface area (Å²) in [5.74, 6) is 0. The standard InChI is InChI=1S/C18H31NS/c1-4-7-10-16-11-12-17(18(20)15-16)19(13-8-5-2)14-9-6-3/h11-12,15,20H,4-10,13-14H2,1-3H3. The molecule has 0 heterocycles. The maximum absolute atomic E-state index is 4.73. The van der Waals surface area contributed by atoms with Gasteiger partial charge in [0.15, 0.2) is 0 Å². The van der Waals surface area contributed by atoms with E-state index in [0.717, 1.165) is 18.0 Å². The molecule has 1 nitrogen and oxygen atoms in total. The largest absolute Gasteiger partial charge is 0.371 e. The van der Waals surface area contributed by atoms with Crippen LogP contribution in [0.2, 0.25) is 0 Å². The molecule has 1 aromatic carbocycles. The molecule has 0 aliphatic carbocycles. The molecular weight excluding hydrogens is 262 g/mol. The van der Waals surface area contributed by atoms with Gasteiger partial charge in [0.05, 0.1) is 5.69 Å². The van der Waals surface area contributed by atoms with Crippen molar-refractivity contribution in [1.82, 2.24) is 0 Å². The zero-order valence-corrected chi connectivity index (χ0v) is 14.4. The maximum Gasteiger partial charge on any atom is 0.0501 e. The Morgan fingerprint density at radius 3 is 2.00 bits per heavy atom. The van der Waals surface area contributed by atoms with Crippen LogP contribution >= 0.6 is 12.6 Å². The number of unbranched alkanes of at least 4 members (excludes halogenated alkanes) is 3. The Morgan fingerprint density at radius 2 is 1.50 bits per heavy atom. The van der Waals surface area contributed by atoms with E-state index < -0.39 is 0 Å². The molecule has 0 spiro atoms. The predicted octanol–water partition coefficient (Wildman–Crippen LogP) is 5.72. The summed E-state index contributed by atoms with van der Waals surface area (Å²) in [6, 6.07) is 6.83. The zero-order chi connectivity index (χ0) is 14.8. The molecule has 0 saturated carbocycles. The van der Waals surface area contributed by atoms with Gasteiger partial charge in [0.25, 0.3) is 0 Å². The van der Waals surface area contributed by atoms with Gasteiger partial charge in [-0.2, -0.15) is 0 Å². The molecule has 0 aliphatic rings. The average molecular weight is 294 g/mol. The van der Waals surface area contributed by atoms with E-state index >= 15 is 0 Å². The predicted molar refractivity (Wildman–Crippen MR) is 94.3 cm³/mol. The van der Waals surface area contributed by atoms with Crippen molar-refractivity contribution < 1.29 is 0 Å². The second-order valence-electron chi connectivity index (χ2n) is 5.62. The van der Waals surface area contributed by atoms with Crippen LogP contribution < -0.4 is 4.90 Å². The third kappa shape index (κ3) is 5.78. The van der Waals surface area contributed by atoms with Gasteiger partial charge in [-0.3, -0.25) is 0 Å². The minimum Gasteiger partial charge on any atom is -0.371 e. The Kier molecular flexibility index (Phi) is 8.84. The zero-order valence-electron chi connectivity index (χ0n) is 13.5. The summed E-state index contributed by atoms with van der Waals surface area (Å²) in [4.78, 5) is 3.66. The lowest BCUT2D eigenvalue weighted by molar-refractivity contribution is 0.674. The van der Waals surface area contributed by atoms with Crippen molar-refractivity contribution in [3.8, 4) is 0 Å². The number of thiol groups is 1. The summed E-state index contributed by atoms with van der Waals surface area (Å²) in [7, 11) is 0. The SMILES string of the molecule is CCCCc1ccc(N(CCCC)CCCC)c(S)c1. The summed E-state index contributed by atoms with van der Waals surface area (Å²) in [5.41, 5.74) is 2.74. The van der Waals surface area contributed by atoms with Crippen LogP contribution in [0.5, 0.6) is 0 Å². The lowest BCUT2D eigenvalue weighted by atomic mass is 10.1. The fourth-order valence-corrected chi connectivity index (χ4v) is 2.81. The van der Waals surface area contributed by atoms with Crippen molar-refractivity contribution in [2.45, 2.75) is 70.6 Å². The first-order chi connectivity index (χ1) is 9.72. The molecule has 1 rings (SSSR count). The minimum atomic E-state index is 1.14. The quantitative estimate of drug-likeness (QED) is 0.540. The fraction of sp³-hybridized carbons (Fsp3) is 0.667. The molecule has 0 unspecified atom stereocenters. The number of anilines is 1. The van der Waals surface area contributed by atoms with Crippen LogP contribution in [-0.2, 0) is 6.42 Å². The molecule has 0 fully saturated rings. The molecule has 2 heteroatoms. The number of benzene rings is 1. The highest BCUT2D eigenvalue weighted by Crippen LogP contribution is 2.27. The Morgan fingerprint density at radius 1 is 0.900 bits per heavy atom. The van der Waals surface area contributed by atoms with Crippen LogP contribution in [0.1, 0.15) is 64.9 Å². The lowest BCUT2D eigenvalue weighted by Gasteiger charge is -2.26. The third-order valence-electron chi connectivity index (χ3n) is 3.76. The summed E-state index contributed by atoms with van der Waals surface area (Å²) < 4.78 is 0. The molecule has 114 valence electrons. The van der Waals surface area contributed by atoms with Crippen LogP contribution in [-0.4, -0.2) is 13.1 Å². The molecule has 0 aromatic heterocycles. The number of nitrogens with zero attached hydrogens (tertiary/aromatic N) is 1. The average Bonchev–Trinajstić information content (AvgIpc) is 2.46. The minimum absolute atomic E-state index is 1.14. The van der Waals surface area contributed by atoms with Gasteiger partial charge in [-0.25, -0.2) is 0 Å². The Bertz CT molecular complexity index is 368. The first kappa shape index (κ1) is 17.4. The first-order valence-corrected chi connectivity index (χ1v) is 8.74. The van der Waals surface area contributed by atoms with Crippen molar-refractivity contribution in [3.63, 3.8) is 0 Å². The van der Waals surface area contributed by atoms with E-state index in [2.05, 4.69) is 43.9 Å². The van der Waals surface area contributed by atoms with Gasteiger partial charge in [-0.05, 0) is 43.4 Å². The molecule has 0 aliphatic heterocycles. The smallest absolute Gasteiger partial charge is 0.0501 e. The van der Waals surface area contributed by atoms with E-state index in [1.54, 1.807) is 0 Å². The van der Waals surface area contributed by atoms with Crippen molar-refractivity contribution in [3.05, 3.63) is 23.8 Å². The summed E-state index contributed by atoms with van der Waals surface area (Å²) >= 11 is 4.73. The molecule has 0 bridgehead atoms.